The molecule has 2 N–H and O–H groups in total. The Morgan fingerprint density at radius 2 is 2.24 bits per heavy atom. The Hall–Kier alpha value is -1.82. The topological polar surface area (TPSA) is 78.3 Å². The summed E-state index contributed by atoms with van der Waals surface area (Å²) >= 11 is 1.37. The van der Waals surface area contributed by atoms with E-state index in [2.05, 4.69) is 9.72 Å². The van der Waals surface area contributed by atoms with Crippen LogP contribution in [0.25, 0.3) is 10.6 Å². The van der Waals surface area contributed by atoms with Crippen molar-refractivity contribution < 1.29 is 13.9 Å². The number of nitrogen functional groups attached to an aromatic ring is 1. The van der Waals surface area contributed by atoms with E-state index in [4.69, 9.17) is 10.2 Å². The monoisotopic (exact) mass is 254 g/mol. The van der Waals surface area contributed by atoms with Gasteiger partial charge in [-0.1, -0.05) is 13.8 Å². The SMILES string of the molecule is CC.COC(=O)c1csc(-c2cnc(N)o2)c1. The molecular formula is C11H14N2O3S. The Morgan fingerprint density at radius 1 is 1.53 bits per heavy atom. The van der Waals surface area contributed by atoms with Gasteiger partial charge in [0.15, 0.2) is 5.76 Å². The molecule has 0 bridgehead atoms. The quantitative estimate of drug-likeness (QED) is 0.834. The lowest BCUT2D eigenvalue weighted by molar-refractivity contribution is 0.0601. The Bertz CT molecular complexity index is 490. The number of carbonyl (C=O) groups is 1. The summed E-state index contributed by atoms with van der Waals surface area (Å²) in [7, 11) is 1.34. The van der Waals surface area contributed by atoms with Crippen molar-refractivity contribution in [2.24, 2.45) is 0 Å². The van der Waals surface area contributed by atoms with Gasteiger partial charge in [-0.3, -0.25) is 0 Å². The zero-order chi connectivity index (χ0) is 12.8. The molecule has 0 aliphatic rings. The highest BCUT2D eigenvalue weighted by Gasteiger charge is 2.12. The maximum atomic E-state index is 11.2. The lowest BCUT2D eigenvalue weighted by atomic mass is 10.3. The molecule has 2 rings (SSSR count). The molecule has 0 aliphatic heterocycles. The van der Waals surface area contributed by atoms with Crippen LogP contribution < -0.4 is 5.73 Å². The van der Waals surface area contributed by atoms with Gasteiger partial charge < -0.3 is 14.9 Å². The highest BCUT2D eigenvalue weighted by atomic mass is 32.1. The molecule has 0 amide bonds. The Balaban J connectivity index is 0.000000686. The van der Waals surface area contributed by atoms with Gasteiger partial charge in [0.25, 0.3) is 6.01 Å². The molecule has 2 heterocycles. The summed E-state index contributed by atoms with van der Waals surface area (Å²) < 4.78 is 9.71. The fourth-order valence-corrected chi connectivity index (χ4v) is 1.92. The van der Waals surface area contributed by atoms with Gasteiger partial charge in [0, 0.05) is 5.38 Å². The van der Waals surface area contributed by atoms with E-state index in [9.17, 15) is 4.79 Å². The molecule has 0 aromatic carbocycles. The lowest BCUT2D eigenvalue weighted by Gasteiger charge is -1.91. The van der Waals surface area contributed by atoms with Crippen LogP contribution in [0.15, 0.2) is 22.1 Å². The largest absolute Gasteiger partial charge is 0.465 e. The number of nitrogens with zero attached hydrogens (tertiary/aromatic N) is 1. The van der Waals surface area contributed by atoms with Gasteiger partial charge >= 0.3 is 5.97 Å². The minimum atomic E-state index is -0.370. The maximum Gasteiger partial charge on any atom is 0.338 e. The minimum Gasteiger partial charge on any atom is -0.465 e. The molecular weight excluding hydrogens is 240 g/mol. The zero-order valence-corrected chi connectivity index (χ0v) is 10.7. The van der Waals surface area contributed by atoms with Crippen molar-refractivity contribution >= 4 is 23.3 Å². The second-order valence-corrected chi connectivity index (χ2v) is 3.67. The van der Waals surface area contributed by atoms with Crippen molar-refractivity contribution in [2.75, 3.05) is 12.8 Å². The summed E-state index contributed by atoms with van der Waals surface area (Å²) in [4.78, 5) is 15.7. The predicted octanol–water partition coefficient (Wildman–Crippen LogP) is 2.80. The maximum absolute atomic E-state index is 11.2. The van der Waals surface area contributed by atoms with Crippen LogP contribution in [-0.2, 0) is 4.74 Å². The first kappa shape index (κ1) is 13.2. The summed E-state index contributed by atoms with van der Waals surface area (Å²) in [5.74, 6) is 0.178. The number of oxazole rings is 1. The molecule has 17 heavy (non-hydrogen) atoms. The van der Waals surface area contributed by atoms with E-state index in [0.29, 0.717) is 11.3 Å². The number of hydrogen-bond acceptors (Lipinski definition) is 6. The first-order valence-electron chi connectivity index (χ1n) is 5.09. The lowest BCUT2D eigenvalue weighted by Crippen LogP contribution is -1.97. The molecule has 0 atom stereocenters. The number of ether oxygens (including phenoxy) is 1. The summed E-state index contributed by atoms with van der Waals surface area (Å²) in [6.45, 7) is 4.00. The van der Waals surface area contributed by atoms with Gasteiger partial charge in [-0.25, -0.2) is 9.78 Å². The van der Waals surface area contributed by atoms with Crippen LogP contribution in [0.3, 0.4) is 0 Å². The third kappa shape index (κ3) is 3.07. The Labute approximate surface area is 103 Å². The molecule has 0 radical (unpaired) electrons. The molecule has 2 aromatic heterocycles. The van der Waals surface area contributed by atoms with Crippen LogP contribution in [0.2, 0.25) is 0 Å². The third-order valence-corrected chi connectivity index (χ3v) is 2.73. The normalized spacial score (nSPS) is 9.35. The molecule has 0 fully saturated rings. The molecule has 0 spiro atoms. The molecule has 5 nitrogen and oxygen atoms in total. The number of methoxy groups -OCH3 is 1. The number of rotatable bonds is 2. The van der Waals surface area contributed by atoms with E-state index in [1.165, 1.54) is 24.6 Å². The fourth-order valence-electron chi connectivity index (χ4n) is 1.09. The highest BCUT2D eigenvalue weighted by Crippen LogP contribution is 2.28. The number of nitrogens with two attached hydrogens (primary N) is 1. The molecule has 6 heteroatoms. The molecule has 0 unspecified atom stereocenters. The van der Waals surface area contributed by atoms with E-state index in [1.807, 2.05) is 13.8 Å². The molecule has 0 aliphatic carbocycles. The number of carbonyl (C=O) groups excluding carboxylic acids is 1. The number of thiophene rings is 1. The first-order valence-corrected chi connectivity index (χ1v) is 5.97. The zero-order valence-electron chi connectivity index (χ0n) is 9.89. The summed E-state index contributed by atoms with van der Waals surface area (Å²) in [6, 6.07) is 1.79. The first-order chi connectivity index (χ1) is 8.20. The summed E-state index contributed by atoms with van der Waals surface area (Å²) in [5, 5.41) is 1.69. The predicted molar refractivity (Wildman–Crippen MR) is 66.9 cm³/mol. The van der Waals surface area contributed by atoms with Crippen LogP contribution in [0.1, 0.15) is 24.2 Å². The van der Waals surface area contributed by atoms with Gasteiger partial charge in [-0.2, -0.15) is 0 Å². The summed E-state index contributed by atoms with van der Waals surface area (Å²) in [5.41, 5.74) is 5.84. The molecule has 0 saturated heterocycles. The van der Waals surface area contributed by atoms with Gasteiger partial charge in [0.1, 0.15) is 0 Å². The van der Waals surface area contributed by atoms with Crippen LogP contribution >= 0.6 is 11.3 Å². The van der Waals surface area contributed by atoms with Gasteiger partial charge in [0.05, 0.1) is 23.7 Å². The molecule has 0 saturated carbocycles. The van der Waals surface area contributed by atoms with Crippen LogP contribution in [0, 0.1) is 0 Å². The van der Waals surface area contributed by atoms with E-state index in [1.54, 1.807) is 11.4 Å². The highest BCUT2D eigenvalue weighted by molar-refractivity contribution is 7.13. The van der Waals surface area contributed by atoms with Gasteiger partial charge in [0.2, 0.25) is 0 Å². The van der Waals surface area contributed by atoms with Crippen molar-refractivity contribution in [2.45, 2.75) is 13.8 Å². The van der Waals surface area contributed by atoms with Crippen molar-refractivity contribution in [3.63, 3.8) is 0 Å². The standard InChI is InChI=1S/C9H8N2O3S.C2H6/c1-13-8(12)5-2-7(15-4-5)6-3-11-9(10)14-6;1-2/h2-4H,1H3,(H2,10,11);1-2H3. The summed E-state index contributed by atoms with van der Waals surface area (Å²) in [6.07, 6.45) is 1.52. The number of aromatic nitrogens is 1. The number of anilines is 1. The smallest absolute Gasteiger partial charge is 0.338 e. The van der Waals surface area contributed by atoms with E-state index in [-0.39, 0.29) is 12.0 Å². The molecule has 2 aromatic rings. The Morgan fingerprint density at radius 3 is 2.76 bits per heavy atom. The van der Waals surface area contributed by atoms with E-state index >= 15 is 0 Å². The molecule has 92 valence electrons. The Kier molecular flexibility index (Phi) is 4.71. The van der Waals surface area contributed by atoms with Crippen molar-refractivity contribution in [3.05, 3.63) is 23.2 Å². The van der Waals surface area contributed by atoms with Gasteiger partial charge in [-0.15, -0.1) is 11.3 Å². The average molecular weight is 254 g/mol. The van der Waals surface area contributed by atoms with Crippen molar-refractivity contribution in [1.82, 2.24) is 4.98 Å². The van der Waals surface area contributed by atoms with Crippen LogP contribution in [0.5, 0.6) is 0 Å². The van der Waals surface area contributed by atoms with E-state index in [0.717, 1.165) is 4.88 Å². The van der Waals surface area contributed by atoms with Crippen molar-refractivity contribution in [1.29, 1.82) is 0 Å². The minimum absolute atomic E-state index is 0.109. The number of hydrogen-bond donors (Lipinski definition) is 1. The average Bonchev–Trinajstić information content (AvgIpc) is 2.99. The fraction of sp³-hybridized carbons (Fsp3) is 0.273. The third-order valence-electron chi connectivity index (χ3n) is 1.79. The van der Waals surface area contributed by atoms with Crippen LogP contribution in [-0.4, -0.2) is 18.1 Å². The van der Waals surface area contributed by atoms with Gasteiger partial charge in [-0.05, 0) is 6.07 Å². The van der Waals surface area contributed by atoms with E-state index < -0.39 is 0 Å². The second kappa shape index (κ2) is 6.05. The second-order valence-electron chi connectivity index (χ2n) is 2.75. The van der Waals surface area contributed by atoms with Crippen molar-refractivity contribution in [3.8, 4) is 10.6 Å². The number of esters is 1. The van der Waals surface area contributed by atoms with Crippen LogP contribution in [0.4, 0.5) is 6.01 Å².